The summed E-state index contributed by atoms with van der Waals surface area (Å²) in [5.74, 6) is 0.805. The summed E-state index contributed by atoms with van der Waals surface area (Å²) >= 11 is 1.26. The monoisotopic (exact) mass is 463 g/mol. The summed E-state index contributed by atoms with van der Waals surface area (Å²) in [4.78, 5) is 24.1. The van der Waals surface area contributed by atoms with Gasteiger partial charge in [0, 0.05) is 23.6 Å². The maximum absolute atomic E-state index is 12.5. The molecule has 0 aliphatic rings. The van der Waals surface area contributed by atoms with Crippen LogP contribution < -0.4 is 10.1 Å². The first-order valence-corrected chi connectivity index (χ1v) is 10.9. The minimum atomic E-state index is -0.431. The van der Waals surface area contributed by atoms with Gasteiger partial charge in [0.1, 0.15) is 5.75 Å². The molecule has 1 N–H and O–H groups in total. The van der Waals surface area contributed by atoms with Crippen molar-refractivity contribution in [1.29, 1.82) is 0 Å². The van der Waals surface area contributed by atoms with Crippen LogP contribution in [0.25, 0.3) is 11.4 Å². The maximum atomic E-state index is 12.5. The zero-order valence-electron chi connectivity index (χ0n) is 18.0. The van der Waals surface area contributed by atoms with E-state index in [2.05, 4.69) is 20.3 Å². The number of aromatic nitrogens is 4. The third-order valence-electron chi connectivity index (χ3n) is 4.68. The van der Waals surface area contributed by atoms with E-state index in [1.807, 2.05) is 58.1 Å². The molecule has 33 heavy (non-hydrogen) atoms. The van der Waals surface area contributed by atoms with Crippen LogP contribution in [-0.4, -0.2) is 51.4 Å². The number of nitrogens with one attached hydrogen (secondary N) is 1. The molecule has 0 unspecified atom stereocenters. The van der Waals surface area contributed by atoms with Crippen LogP contribution in [0.3, 0.4) is 0 Å². The van der Waals surface area contributed by atoms with E-state index in [0.717, 1.165) is 5.56 Å². The summed E-state index contributed by atoms with van der Waals surface area (Å²) in [7, 11) is 2.93. The van der Waals surface area contributed by atoms with Gasteiger partial charge < -0.3 is 14.8 Å². The van der Waals surface area contributed by atoms with Gasteiger partial charge in [-0.15, -0.1) is 10.2 Å². The molecule has 2 aromatic heterocycles. The summed E-state index contributed by atoms with van der Waals surface area (Å²) in [6, 6.07) is 17.8. The zero-order chi connectivity index (χ0) is 23.2. The smallest absolute Gasteiger partial charge is 0.337 e. The number of hydrogen-bond acceptors (Lipinski definition) is 7. The molecule has 2 aromatic carbocycles. The van der Waals surface area contributed by atoms with Gasteiger partial charge in [0.25, 0.3) is 0 Å². The lowest BCUT2D eigenvalue weighted by molar-refractivity contribution is -0.113. The number of carbonyl (C=O) groups excluding carboxylic acids is 2. The average molecular weight is 464 g/mol. The van der Waals surface area contributed by atoms with E-state index < -0.39 is 5.97 Å². The number of methoxy groups -OCH3 is 2. The Balaban J connectivity index is 1.50. The normalized spacial score (nSPS) is 10.6. The van der Waals surface area contributed by atoms with Crippen molar-refractivity contribution in [1.82, 2.24) is 19.5 Å². The number of amides is 1. The molecule has 9 nitrogen and oxygen atoms in total. The van der Waals surface area contributed by atoms with Gasteiger partial charge in [0.2, 0.25) is 11.1 Å². The van der Waals surface area contributed by atoms with Gasteiger partial charge in [-0.2, -0.15) is 0 Å². The second kappa shape index (κ2) is 10.0. The fourth-order valence-electron chi connectivity index (χ4n) is 3.10. The highest BCUT2D eigenvalue weighted by Crippen LogP contribution is 2.27. The minimum Gasteiger partial charge on any atom is -0.497 e. The molecule has 1 amide bonds. The number of carbonyl (C=O) groups is 2. The Morgan fingerprint density at radius 3 is 2.45 bits per heavy atom. The molecule has 0 aliphatic carbocycles. The van der Waals surface area contributed by atoms with Crippen molar-refractivity contribution in [2.24, 2.45) is 0 Å². The highest BCUT2D eigenvalue weighted by molar-refractivity contribution is 7.99. The Bertz CT molecular complexity index is 1250. The molecule has 4 aromatic rings. The van der Waals surface area contributed by atoms with Gasteiger partial charge in [-0.1, -0.05) is 23.9 Å². The molecule has 0 bridgehead atoms. The van der Waals surface area contributed by atoms with Crippen molar-refractivity contribution >= 4 is 29.3 Å². The van der Waals surface area contributed by atoms with Gasteiger partial charge in [0.05, 0.1) is 25.5 Å². The summed E-state index contributed by atoms with van der Waals surface area (Å²) in [6.07, 6.45) is 3.75. The van der Waals surface area contributed by atoms with Gasteiger partial charge in [-0.25, -0.2) is 9.47 Å². The number of esters is 1. The fourth-order valence-corrected chi connectivity index (χ4v) is 3.83. The third-order valence-corrected chi connectivity index (χ3v) is 5.60. The quantitative estimate of drug-likeness (QED) is 0.315. The standard InChI is InChI=1S/C23H21N5O4S/c1-31-19-7-5-6-17(14-19)21-25-26-23(28(21)27-12-3-4-13-27)33-15-20(29)24-18-10-8-16(9-11-18)22(30)32-2/h3-14H,15H2,1-2H3,(H,24,29). The fraction of sp³-hybridized carbons (Fsp3) is 0.130. The lowest BCUT2D eigenvalue weighted by Gasteiger charge is -2.12. The average Bonchev–Trinajstić information content (AvgIpc) is 3.52. The number of anilines is 1. The van der Waals surface area contributed by atoms with Gasteiger partial charge in [-0.3, -0.25) is 9.47 Å². The maximum Gasteiger partial charge on any atom is 0.337 e. The van der Waals surface area contributed by atoms with E-state index in [-0.39, 0.29) is 11.7 Å². The molecule has 10 heteroatoms. The number of rotatable bonds is 8. The molecule has 2 heterocycles. The van der Waals surface area contributed by atoms with E-state index in [1.54, 1.807) is 31.4 Å². The van der Waals surface area contributed by atoms with Crippen molar-refractivity contribution < 1.29 is 19.1 Å². The summed E-state index contributed by atoms with van der Waals surface area (Å²) in [5.41, 5.74) is 1.82. The predicted octanol–water partition coefficient (Wildman–Crippen LogP) is 3.58. The van der Waals surface area contributed by atoms with E-state index in [9.17, 15) is 9.59 Å². The van der Waals surface area contributed by atoms with Crippen molar-refractivity contribution in [3.8, 4) is 17.1 Å². The first-order valence-electron chi connectivity index (χ1n) is 9.93. The SMILES string of the molecule is COC(=O)c1ccc(NC(=O)CSc2nnc(-c3cccc(OC)c3)n2-n2cccc2)cc1. The predicted molar refractivity (Wildman–Crippen MR) is 124 cm³/mol. The number of benzene rings is 2. The molecular formula is C23H21N5O4S. The molecule has 0 fully saturated rings. The molecule has 0 aliphatic heterocycles. The first-order chi connectivity index (χ1) is 16.1. The van der Waals surface area contributed by atoms with Gasteiger partial charge in [0.15, 0.2) is 5.82 Å². The molecular weight excluding hydrogens is 442 g/mol. The Morgan fingerprint density at radius 2 is 1.76 bits per heavy atom. The number of thioether (sulfide) groups is 1. The van der Waals surface area contributed by atoms with Gasteiger partial charge in [-0.05, 0) is 48.5 Å². The second-order valence-electron chi connectivity index (χ2n) is 6.82. The van der Waals surface area contributed by atoms with Gasteiger partial charge >= 0.3 is 5.97 Å². The van der Waals surface area contributed by atoms with Crippen LogP contribution in [0.5, 0.6) is 5.75 Å². The molecule has 0 atom stereocenters. The minimum absolute atomic E-state index is 0.121. The van der Waals surface area contributed by atoms with Crippen molar-refractivity contribution in [2.75, 3.05) is 25.3 Å². The molecule has 0 saturated carbocycles. The highest BCUT2D eigenvalue weighted by atomic mass is 32.2. The van der Waals surface area contributed by atoms with E-state index in [0.29, 0.717) is 28.0 Å². The second-order valence-corrected chi connectivity index (χ2v) is 7.76. The first kappa shape index (κ1) is 22.2. The van der Waals surface area contributed by atoms with Crippen molar-refractivity contribution in [3.63, 3.8) is 0 Å². The van der Waals surface area contributed by atoms with Crippen LogP contribution in [0, 0.1) is 0 Å². The Morgan fingerprint density at radius 1 is 1.00 bits per heavy atom. The van der Waals surface area contributed by atoms with Crippen molar-refractivity contribution in [2.45, 2.75) is 5.16 Å². The molecule has 0 spiro atoms. The Kier molecular flexibility index (Phi) is 6.75. The summed E-state index contributed by atoms with van der Waals surface area (Å²) in [5, 5.41) is 12.0. The summed E-state index contributed by atoms with van der Waals surface area (Å²) < 4.78 is 13.7. The van der Waals surface area contributed by atoms with Crippen LogP contribution in [0.15, 0.2) is 78.2 Å². The topological polar surface area (TPSA) is 100 Å². The Labute approximate surface area is 194 Å². The van der Waals surface area contributed by atoms with Crippen LogP contribution in [0.2, 0.25) is 0 Å². The molecule has 168 valence electrons. The number of hydrogen-bond donors (Lipinski definition) is 1. The zero-order valence-corrected chi connectivity index (χ0v) is 18.8. The molecule has 4 rings (SSSR count). The molecule has 0 radical (unpaired) electrons. The van der Waals surface area contributed by atoms with Crippen LogP contribution >= 0.6 is 11.8 Å². The largest absolute Gasteiger partial charge is 0.497 e. The van der Waals surface area contributed by atoms with Crippen molar-refractivity contribution in [3.05, 3.63) is 78.6 Å². The van der Waals surface area contributed by atoms with E-state index in [4.69, 9.17) is 4.74 Å². The van der Waals surface area contributed by atoms with E-state index >= 15 is 0 Å². The Hall–Kier alpha value is -4.05. The lowest BCUT2D eigenvalue weighted by atomic mass is 10.2. The number of nitrogens with zero attached hydrogens (tertiary/aromatic N) is 4. The summed E-state index contributed by atoms with van der Waals surface area (Å²) in [6.45, 7) is 0. The molecule has 0 saturated heterocycles. The van der Waals surface area contributed by atoms with E-state index in [1.165, 1.54) is 18.9 Å². The van der Waals surface area contributed by atoms with Crippen LogP contribution in [0.4, 0.5) is 5.69 Å². The van der Waals surface area contributed by atoms with Crippen LogP contribution in [0.1, 0.15) is 10.4 Å². The number of ether oxygens (including phenoxy) is 2. The lowest BCUT2D eigenvalue weighted by Crippen LogP contribution is -2.16. The highest BCUT2D eigenvalue weighted by Gasteiger charge is 2.17. The van der Waals surface area contributed by atoms with Crippen LogP contribution in [-0.2, 0) is 9.53 Å². The third kappa shape index (κ3) is 5.07.